The van der Waals surface area contributed by atoms with E-state index in [-0.39, 0.29) is 5.92 Å². The van der Waals surface area contributed by atoms with Gasteiger partial charge >= 0.3 is 6.18 Å². The maximum atomic E-state index is 12.0. The van der Waals surface area contributed by atoms with Gasteiger partial charge in [0.25, 0.3) is 0 Å². The Morgan fingerprint density at radius 2 is 2.00 bits per heavy atom. The van der Waals surface area contributed by atoms with Crippen molar-refractivity contribution in [3.63, 3.8) is 0 Å². The molecule has 5 heteroatoms. The van der Waals surface area contributed by atoms with E-state index in [4.69, 9.17) is 0 Å². The molecule has 0 unspecified atom stereocenters. The lowest BCUT2D eigenvalue weighted by atomic mass is 10.3. The Morgan fingerprint density at radius 3 is 2.31 bits per heavy atom. The smallest absolute Gasteiger partial charge is 0.261 e. The van der Waals surface area contributed by atoms with Gasteiger partial charge < -0.3 is 0 Å². The maximum absolute atomic E-state index is 12.0. The highest BCUT2D eigenvalue weighted by atomic mass is 19.4. The first-order valence-corrected chi connectivity index (χ1v) is 3.94. The number of hydrogen-bond donors (Lipinski definition) is 0. The molecule has 1 fully saturated rings. The molecule has 0 aromatic carbocycles. The first-order chi connectivity index (χ1) is 5.94. The van der Waals surface area contributed by atoms with E-state index in [0.717, 1.165) is 17.9 Å². The molecule has 1 rings (SSSR count). The summed E-state index contributed by atoms with van der Waals surface area (Å²) < 4.78 is 35.9. The summed E-state index contributed by atoms with van der Waals surface area (Å²) in [4.78, 5) is 0. The molecule has 0 aromatic rings. The van der Waals surface area contributed by atoms with Crippen LogP contribution >= 0.6 is 0 Å². The molecule has 0 N–H and O–H groups in total. The van der Waals surface area contributed by atoms with Crippen molar-refractivity contribution >= 4 is 6.72 Å². The number of hydrazone groups is 1. The molecule has 0 saturated heterocycles. The third kappa shape index (κ3) is 3.08. The van der Waals surface area contributed by atoms with Gasteiger partial charge in [-0.15, -0.1) is 0 Å². The number of nitrogens with zero attached hydrogens (tertiary/aromatic N) is 2. The van der Waals surface area contributed by atoms with Gasteiger partial charge in [-0.05, 0) is 12.8 Å². The molecule has 0 amide bonds. The molecule has 0 spiro atoms. The van der Waals surface area contributed by atoms with Crippen molar-refractivity contribution in [3.05, 3.63) is 12.3 Å². The van der Waals surface area contributed by atoms with Crippen molar-refractivity contribution in [1.82, 2.24) is 5.01 Å². The molecule has 1 aliphatic carbocycles. The number of alkyl halides is 3. The van der Waals surface area contributed by atoms with Crippen LogP contribution in [0.2, 0.25) is 0 Å². The molecule has 0 heterocycles. The number of halogens is 3. The first-order valence-electron chi connectivity index (χ1n) is 3.94. The van der Waals surface area contributed by atoms with Crippen molar-refractivity contribution < 1.29 is 13.2 Å². The first kappa shape index (κ1) is 10.1. The second kappa shape index (κ2) is 3.40. The molecule has 74 valence electrons. The SMILES string of the molecule is C=NN(CC(F)(F)F)C(=C)C1CC1. The summed E-state index contributed by atoms with van der Waals surface area (Å²) in [5, 5.41) is 4.13. The van der Waals surface area contributed by atoms with Crippen LogP contribution < -0.4 is 0 Å². The molecule has 13 heavy (non-hydrogen) atoms. The molecule has 0 aliphatic heterocycles. The highest BCUT2D eigenvalue weighted by molar-refractivity contribution is 5.24. The zero-order chi connectivity index (χ0) is 10.1. The van der Waals surface area contributed by atoms with E-state index in [0.29, 0.717) is 5.70 Å². The summed E-state index contributed by atoms with van der Waals surface area (Å²) in [6.07, 6.45) is -2.44. The summed E-state index contributed by atoms with van der Waals surface area (Å²) in [5.74, 6) is 0.174. The van der Waals surface area contributed by atoms with E-state index in [2.05, 4.69) is 18.4 Å². The Hall–Kier alpha value is -1.00. The van der Waals surface area contributed by atoms with Gasteiger partial charge in [0.1, 0.15) is 6.54 Å². The van der Waals surface area contributed by atoms with E-state index >= 15 is 0 Å². The van der Waals surface area contributed by atoms with Crippen LogP contribution in [0.25, 0.3) is 0 Å². The van der Waals surface area contributed by atoms with Gasteiger partial charge in [-0.3, -0.25) is 5.01 Å². The highest BCUT2D eigenvalue weighted by Crippen LogP contribution is 2.38. The summed E-state index contributed by atoms with van der Waals surface area (Å²) in [7, 11) is 0. The van der Waals surface area contributed by atoms with Crippen LogP contribution in [-0.2, 0) is 0 Å². The summed E-state index contributed by atoms with van der Waals surface area (Å²) in [5.41, 5.74) is 0.423. The zero-order valence-electron chi connectivity index (χ0n) is 7.14. The number of hydrogen-bond acceptors (Lipinski definition) is 2. The largest absolute Gasteiger partial charge is 0.408 e. The van der Waals surface area contributed by atoms with Gasteiger partial charge in [0, 0.05) is 18.3 Å². The monoisotopic (exact) mass is 192 g/mol. The Kier molecular flexibility index (Phi) is 2.63. The Morgan fingerprint density at radius 1 is 1.46 bits per heavy atom. The average molecular weight is 192 g/mol. The lowest BCUT2D eigenvalue weighted by molar-refractivity contribution is -0.142. The van der Waals surface area contributed by atoms with Crippen LogP contribution in [-0.4, -0.2) is 24.4 Å². The van der Waals surface area contributed by atoms with Gasteiger partial charge in [0.15, 0.2) is 0 Å². The molecule has 0 bridgehead atoms. The van der Waals surface area contributed by atoms with Crippen molar-refractivity contribution in [1.29, 1.82) is 0 Å². The molecule has 1 saturated carbocycles. The molecule has 0 radical (unpaired) electrons. The van der Waals surface area contributed by atoms with Crippen LogP contribution in [0.15, 0.2) is 17.4 Å². The van der Waals surface area contributed by atoms with Crippen LogP contribution in [0.4, 0.5) is 13.2 Å². The summed E-state index contributed by atoms with van der Waals surface area (Å²) >= 11 is 0. The van der Waals surface area contributed by atoms with Crippen LogP contribution in [0.1, 0.15) is 12.8 Å². The van der Waals surface area contributed by atoms with Gasteiger partial charge in [-0.1, -0.05) is 6.58 Å². The standard InChI is InChI=1S/C8H11F3N2/c1-6(7-3-4-7)13(12-2)5-8(9,10)11/h7H,1-5H2. The van der Waals surface area contributed by atoms with E-state index in [1.165, 1.54) is 0 Å². The predicted octanol–water partition coefficient (Wildman–Crippen LogP) is 2.39. The fourth-order valence-corrected chi connectivity index (χ4v) is 1.04. The second-order valence-corrected chi connectivity index (χ2v) is 3.08. The minimum atomic E-state index is -4.25. The topological polar surface area (TPSA) is 15.6 Å². The van der Waals surface area contributed by atoms with Gasteiger partial charge in [0.2, 0.25) is 0 Å². The fraction of sp³-hybridized carbons (Fsp3) is 0.625. The summed E-state index contributed by atoms with van der Waals surface area (Å²) in [6.45, 7) is 5.56. The van der Waals surface area contributed by atoms with Gasteiger partial charge in [0.05, 0.1) is 0 Å². The molecule has 0 atom stereocenters. The summed E-state index contributed by atoms with van der Waals surface area (Å²) in [6, 6.07) is 0. The van der Waals surface area contributed by atoms with Crippen molar-refractivity contribution in [2.45, 2.75) is 19.0 Å². The maximum Gasteiger partial charge on any atom is 0.408 e. The molecular weight excluding hydrogens is 181 g/mol. The van der Waals surface area contributed by atoms with E-state index < -0.39 is 12.7 Å². The fourth-order valence-electron chi connectivity index (χ4n) is 1.04. The molecular formula is C8H11F3N2. The van der Waals surface area contributed by atoms with Crippen molar-refractivity contribution in [2.24, 2.45) is 11.0 Å². The normalized spacial score (nSPS) is 16.8. The number of allylic oxidation sites excluding steroid dienone is 1. The van der Waals surface area contributed by atoms with Gasteiger partial charge in [-0.25, -0.2) is 0 Å². The zero-order valence-corrected chi connectivity index (χ0v) is 7.14. The highest BCUT2D eigenvalue weighted by Gasteiger charge is 2.35. The van der Waals surface area contributed by atoms with Crippen molar-refractivity contribution in [3.8, 4) is 0 Å². The third-order valence-corrected chi connectivity index (χ3v) is 1.88. The van der Waals surface area contributed by atoms with Crippen LogP contribution in [0, 0.1) is 5.92 Å². The Bertz CT molecular complexity index is 218. The third-order valence-electron chi connectivity index (χ3n) is 1.88. The average Bonchev–Trinajstić information content (AvgIpc) is 2.79. The quantitative estimate of drug-likeness (QED) is 0.493. The predicted molar refractivity (Wildman–Crippen MR) is 44.2 cm³/mol. The van der Waals surface area contributed by atoms with E-state index in [1.807, 2.05) is 0 Å². The van der Waals surface area contributed by atoms with Crippen molar-refractivity contribution in [2.75, 3.05) is 6.54 Å². The number of rotatable bonds is 4. The van der Waals surface area contributed by atoms with Crippen LogP contribution in [0.5, 0.6) is 0 Å². The molecule has 1 aliphatic rings. The van der Waals surface area contributed by atoms with E-state index in [1.54, 1.807) is 0 Å². The lowest BCUT2D eigenvalue weighted by Gasteiger charge is -2.21. The molecule has 0 aromatic heterocycles. The second-order valence-electron chi connectivity index (χ2n) is 3.08. The Labute approximate surface area is 74.7 Å². The van der Waals surface area contributed by atoms with Crippen LogP contribution in [0.3, 0.4) is 0 Å². The van der Waals surface area contributed by atoms with E-state index in [9.17, 15) is 13.2 Å². The lowest BCUT2D eigenvalue weighted by Crippen LogP contribution is -2.29. The van der Waals surface area contributed by atoms with Gasteiger partial charge in [-0.2, -0.15) is 18.3 Å². The molecule has 2 nitrogen and oxygen atoms in total. The minimum absolute atomic E-state index is 0.174. The Balaban J connectivity index is 2.51. The minimum Gasteiger partial charge on any atom is -0.261 e.